The second-order valence-electron chi connectivity index (χ2n) is 6.73. The number of hydrogen-bond acceptors (Lipinski definition) is 4. The van der Waals surface area contributed by atoms with E-state index in [1.54, 1.807) is 24.3 Å². The van der Waals surface area contributed by atoms with Gasteiger partial charge in [-0.05, 0) is 24.6 Å². The molecule has 3 amide bonds. The van der Waals surface area contributed by atoms with E-state index >= 15 is 0 Å². The van der Waals surface area contributed by atoms with E-state index in [0.717, 1.165) is 11.1 Å². The van der Waals surface area contributed by atoms with Gasteiger partial charge < -0.3 is 15.4 Å². The predicted octanol–water partition coefficient (Wildman–Crippen LogP) is 2.51. The summed E-state index contributed by atoms with van der Waals surface area (Å²) in [4.78, 5) is 38.7. The number of nitrogens with one attached hydrogen (secondary N) is 2. The zero-order chi connectivity index (χ0) is 19.7. The minimum atomic E-state index is -0.591. The molecule has 0 radical (unpaired) electrons. The molecule has 0 saturated carbocycles. The zero-order valence-electron chi connectivity index (χ0n) is 15.3. The highest BCUT2D eigenvalue weighted by Gasteiger charge is 2.42. The van der Waals surface area contributed by atoms with Crippen LogP contribution in [0.25, 0.3) is 0 Å². The number of para-hydroxylation sites is 1. The van der Waals surface area contributed by atoms with Gasteiger partial charge in [-0.25, -0.2) is 9.59 Å². The van der Waals surface area contributed by atoms with Crippen molar-refractivity contribution in [2.75, 3.05) is 18.5 Å². The highest BCUT2D eigenvalue weighted by molar-refractivity contribution is 6.00. The van der Waals surface area contributed by atoms with Gasteiger partial charge in [0.15, 0.2) is 0 Å². The van der Waals surface area contributed by atoms with Crippen LogP contribution in [0.2, 0.25) is 0 Å². The van der Waals surface area contributed by atoms with E-state index < -0.39 is 18.0 Å². The molecule has 0 fully saturated rings. The van der Waals surface area contributed by atoms with Crippen molar-refractivity contribution >= 4 is 23.6 Å². The number of carbonyl (C=O) groups is 3. The Morgan fingerprint density at radius 3 is 2.57 bits per heavy atom. The summed E-state index contributed by atoms with van der Waals surface area (Å²) in [6.07, 6.45) is 0. The van der Waals surface area contributed by atoms with Gasteiger partial charge in [-0.3, -0.25) is 9.69 Å². The molecule has 2 aromatic carbocycles. The maximum absolute atomic E-state index is 12.7. The lowest BCUT2D eigenvalue weighted by Gasteiger charge is -2.32. The van der Waals surface area contributed by atoms with Gasteiger partial charge in [-0.15, -0.1) is 0 Å². The SMILES string of the molecule is Cc1ccc(C2NC(=O)N(CC(=O)Nc3ccccc3)C3=C2C(=O)OC3)cc1. The number of anilines is 1. The van der Waals surface area contributed by atoms with Crippen LogP contribution in [0.15, 0.2) is 65.9 Å². The molecule has 0 aliphatic carbocycles. The summed E-state index contributed by atoms with van der Waals surface area (Å²) in [5, 5.41) is 5.56. The number of ether oxygens (including phenoxy) is 1. The molecule has 0 aromatic heterocycles. The monoisotopic (exact) mass is 377 g/mol. The Morgan fingerprint density at radius 2 is 1.86 bits per heavy atom. The number of hydrogen-bond donors (Lipinski definition) is 2. The van der Waals surface area contributed by atoms with Gasteiger partial charge in [0.2, 0.25) is 5.91 Å². The van der Waals surface area contributed by atoms with Crippen molar-refractivity contribution in [1.29, 1.82) is 0 Å². The first-order chi connectivity index (χ1) is 13.5. The Bertz CT molecular complexity index is 967. The van der Waals surface area contributed by atoms with Crippen molar-refractivity contribution in [3.05, 3.63) is 77.0 Å². The van der Waals surface area contributed by atoms with Crippen molar-refractivity contribution in [2.24, 2.45) is 0 Å². The van der Waals surface area contributed by atoms with Crippen LogP contribution in [-0.2, 0) is 14.3 Å². The summed E-state index contributed by atoms with van der Waals surface area (Å²) in [5.74, 6) is -0.838. The maximum Gasteiger partial charge on any atom is 0.338 e. The molecule has 4 rings (SSSR count). The van der Waals surface area contributed by atoms with Gasteiger partial charge in [-0.1, -0.05) is 48.0 Å². The third-order valence-corrected chi connectivity index (χ3v) is 4.77. The van der Waals surface area contributed by atoms with Crippen molar-refractivity contribution in [3.8, 4) is 0 Å². The molecular formula is C21H19N3O4. The van der Waals surface area contributed by atoms with Gasteiger partial charge in [0, 0.05) is 5.69 Å². The van der Waals surface area contributed by atoms with Crippen molar-refractivity contribution < 1.29 is 19.1 Å². The standard InChI is InChI=1S/C21H19N3O4/c1-13-7-9-14(10-8-13)19-18-16(12-28-20(18)26)24(21(27)23-19)11-17(25)22-15-5-3-2-4-6-15/h2-10,19H,11-12H2,1H3,(H,22,25)(H,23,27). The lowest BCUT2D eigenvalue weighted by molar-refractivity contribution is -0.136. The highest BCUT2D eigenvalue weighted by Crippen LogP contribution is 2.35. The van der Waals surface area contributed by atoms with E-state index in [9.17, 15) is 14.4 Å². The van der Waals surface area contributed by atoms with Crippen LogP contribution in [0.1, 0.15) is 17.2 Å². The van der Waals surface area contributed by atoms with Crippen LogP contribution >= 0.6 is 0 Å². The number of rotatable bonds is 4. The quantitative estimate of drug-likeness (QED) is 0.802. The van der Waals surface area contributed by atoms with Gasteiger partial charge >= 0.3 is 12.0 Å². The van der Waals surface area contributed by atoms with Crippen molar-refractivity contribution in [2.45, 2.75) is 13.0 Å². The van der Waals surface area contributed by atoms with E-state index in [1.807, 2.05) is 37.3 Å². The predicted molar refractivity (Wildman–Crippen MR) is 102 cm³/mol. The summed E-state index contributed by atoms with van der Waals surface area (Å²) in [5.41, 5.74) is 3.31. The summed E-state index contributed by atoms with van der Waals surface area (Å²) in [6, 6.07) is 15.5. The van der Waals surface area contributed by atoms with Crippen LogP contribution in [0.3, 0.4) is 0 Å². The first-order valence-electron chi connectivity index (χ1n) is 8.92. The zero-order valence-corrected chi connectivity index (χ0v) is 15.3. The lowest BCUT2D eigenvalue weighted by atomic mass is 9.95. The fourth-order valence-corrected chi connectivity index (χ4v) is 3.35. The van der Waals surface area contributed by atoms with Crippen LogP contribution in [0.5, 0.6) is 0 Å². The van der Waals surface area contributed by atoms with E-state index in [2.05, 4.69) is 10.6 Å². The first kappa shape index (κ1) is 17.8. The van der Waals surface area contributed by atoms with Gasteiger partial charge in [0.1, 0.15) is 13.2 Å². The fraction of sp³-hybridized carbons (Fsp3) is 0.190. The normalized spacial score (nSPS) is 18.5. The van der Waals surface area contributed by atoms with Gasteiger partial charge in [-0.2, -0.15) is 0 Å². The van der Waals surface area contributed by atoms with Crippen LogP contribution in [-0.4, -0.2) is 36.0 Å². The van der Waals surface area contributed by atoms with E-state index in [0.29, 0.717) is 17.0 Å². The molecule has 2 aliphatic rings. The molecule has 2 N–H and O–H groups in total. The molecule has 1 atom stereocenters. The third kappa shape index (κ3) is 3.34. The fourth-order valence-electron chi connectivity index (χ4n) is 3.35. The summed E-state index contributed by atoms with van der Waals surface area (Å²) in [7, 11) is 0. The number of urea groups is 1. The molecule has 2 aliphatic heterocycles. The Kier molecular flexibility index (Phi) is 4.57. The topological polar surface area (TPSA) is 87.7 Å². The summed E-state index contributed by atoms with van der Waals surface area (Å²) >= 11 is 0. The minimum Gasteiger partial charge on any atom is -0.456 e. The Hall–Kier alpha value is -3.61. The molecule has 28 heavy (non-hydrogen) atoms. The van der Waals surface area contributed by atoms with Gasteiger partial charge in [0.05, 0.1) is 17.3 Å². The van der Waals surface area contributed by atoms with Crippen molar-refractivity contribution in [3.63, 3.8) is 0 Å². The molecular weight excluding hydrogens is 358 g/mol. The minimum absolute atomic E-state index is 0.0252. The number of carbonyl (C=O) groups excluding carboxylic acids is 3. The first-order valence-corrected chi connectivity index (χ1v) is 8.92. The Morgan fingerprint density at radius 1 is 1.14 bits per heavy atom. The van der Waals surface area contributed by atoms with Crippen molar-refractivity contribution in [1.82, 2.24) is 10.2 Å². The van der Waals surface area contributed by atoms with Crippen LogP contribution in [0, 0.1) is 6.92 Å². The third-order valence-electron chi connectivity index (χ3n) is 4.77. The number of benzene rings is 2. The summed E-state index contributed by atoms with van der Waals surface area (Å²) < 4.78 is 5.18. The largest absolute Gasteiger partial charge is 0.456 e. The molecule has 0 spiro atoms. The molecule has 2 heterocycles. The van der Waals surface area contributed by atoms with Gasteiger partial charge in [0.25, 0.3) is 0 Å². The molecule has 0 bridgehead atoms. The van der Waals surface area contributed by atoms with Crippen LogP contribution < -0.4 is 10.6 Å². The number of esters is 1. The Balaban J connectivity index is 1.60. The highest BCUT2D eigenvalue weighted by atomic mass is 16.5. The van der Waals surface area contributed by atoms with E-state index in [4.69, 9.17) is 4.74 Å². The average molecular weight is 377 g/mol. The molecule has 1 unspecified atom stereocenters. The second-order valence-corrected chi connectivity index (χ2v) is 6.73. The molecule has 2 aromatic rings. The second kappa shape index (κ2) is 7.19. The van der Waals surface area contributed by atoms with Crippen LogP contribution in [0.4, 0.5) is 10.5 Å². The molecule has 0 saturated heterocycles. The summed E-state index contributed by atoms with van der Waals surface area (Å²) in [6.45, 7) is 1.73. The molecule has 7 heteroatoms. The number of aryl methyl sites for hydroxylation is 1. The molecule has 7 nitrogen and oxygen atoms in total. The Labute approximate surface area is 162 Å². The van der Waals surface area contributed by atoms with E-state index in [1.165, 1.54) is 4.90 Å². The number of nitrogens with zero attached hydrogens (tertiary/aromatic N) is 1. The number of cyclic esters (lactones) is 1. The average Bonchev–Trinajstić information content (AvgIpc) is 3.07. The number of amides is 3. The molecule has 142 valence electrons. The van der Waals surface area contributed by atoms with E-state index in [-0.39, 0.29) is 19.1 Å². The lowest BCUT2D eigenvalue weighted by Crippen LogP contribution is -2.49. The smallest absolute Gasteiger partial charge is 0.338 e. The maximum atomic E-state index is 12.7.